The smallest absolute Gasteiger partial charge is 0.341 e. The van der Waals surface area contributed by atoms with Crippen LogP contribution in [-0.4, -0.2) is 23.4 Å². The SMILES string of the molecule is CCOC(=O)c1cc([N+](=O)[O-])sc1NC(=O)c1cccc(Cl)c1. The van der Waals surface area contributed by atoms with E-state index < -0.39 is 16.8 Å². The third-order valence-electron chi connectivity index (χ3n) is 2.71. The van der Waals surface area contributed by atoms with Gasteiger partial charge in [-0.15, -0.1) is 0 Å². The van der Waals surface area contributed by atoms with E-state index in [9.17, 15) is 19.7 Å². The number of nitrogens with one attached hydrogen (secondary N) is 1. The maximum absolute atomic E-state index is 12.2. The number of esters is 1. The largest absolute Gasteiger partial charge is 0.462 e. The Morgan fingerprint density at radius 1 is 1.39 bits per heavy atom. The van der Waals surface area contributed by atoms with Crippen LogP contribution in [0.15, 0.2) is 30.3 Å². The van der Waals surface area contributed by atoms with Gasteiger partial charge in [-0.3, -0.25) is 14.9 Å². The molecule has 1 amide bonds. The Kier molecular flexibility index (Phi) is 5.30. The number of nitrogens with zero attached hydrogens (tertiary/aromatic N) is 1. The Balaban J connectivity index is 2.32. The van der Waals surface area contributed by atoms with Crippen LogP contribution in [0.25, 0.3) is 0 Å². The molecule has 0 bridgehead atoms. The van der Waals surface area contributed by atoms with Gasteiger partial charge in [0.25, 0.3) is 5.91 Å². The highest BCUT2D eigenvalue weighted by Gasteiger charge is 2.24. The van der Waals surface area contributed by atoms with Gasteiger partial charge in [0.2, 0.25) is 0 Å². The maximum atomic E-state index is 12.2. The van der Waals surface area contributed by atoms with E-state index in [0.717, 1.165) is 6.07 Å². The molecule has 120 valence electrons. The van der Waals surface area contributed by atoms with Crippen molar-refractivity contribution in [3.8, 4) is 0 Å². The molecule has 0 spiro atoms. The van der Waals surface area contributed by atoms with Crippen molar-refractivity contribution in [1.29, 1.82) is 0 Å². The van der Waals surface area contributed by atoms with Crippen molar-refractivity contribution < 1.29 is 19.2 Å². The number of amides is 1. The fourth-order valence-electron chi connectivity index (χ4n) is 1.73. The molecule has 0 aliphatic rings. The van der Waals surface area contributed by atoms with Crippen molar-refractivity contribution in [2.45, 2.75) is 6.92 Å². The molecule has 1 N–H and O–H groups in total. The van der Waals surface area contributed by atoms with Crippen LogP contribution in [0.5, 0.6) is 0 Å². The van der Waals surface area contributed by atoms with Gasteiger partial charge in [0.05, 0.1) is 11.5 Å². The Hall–Kier alpha value is -2.45. The van der Waals surface area contributed by atoms with E-state index in [0.29, 0.717) is 16.4 Å². The summed E-state index contributed by atoms with van der Waals surface area (Å²) in [6, 6.07) is 7.27. The van der Waals surface area contributed by atoms with Crippen molar-refractivity contribution in [1.82, 2.24) is 0 Å². The van der Waals surface area contributed by atoms with Crippen LogP contribution >= 0.6 is 22.9 Å². The van der Waals surface area contributed by atoms with Crippen LogP contribution in [0.1, 0.15) is 27.6 Å². The number of benzene rings is 1. The fraction of sp³-hybridized carbons (Fsp3) is 0.143. The van der Waals surface area contributed by atoms with Crippen LogP contribution in [-0.2, 0) is 4.74 Å². The van der Waals surface area contributed by atoms with Crippen molar-refractivity contribution >= 4 is 44.8 Å². The molecule has 1 aromatic carbocycles. The minimum Gasteiger partial charge on any atom is -0.462 e. The molecule has 0 aliphatic heterocycles. The molecular weight excluding hydrogens is 344 g/mol. The van der Waals surface area contributed by atoms with Gasteiger partial charge in [-0.1, -0.05) is 17.7 Å². The van der Waals surface area contributed by atoms with Crippen molar-refractivity contribution in [2.75, 3.05) is 11.9 Å². The second kappa shape index (κ2) is 7.21. The molecule has 2 aromatic rings. The van der Waals surface area contributed by atoms with Gasteiger partial charge < -0.3 is 10.1 Å². The fourth-order valence-corrected chi connectivity index (χ4v) is 2.77. The van der Waals surface area contributed by atoms with Crippen LogP contribution < -0.4 is 5.32 Å². The summed E-state index contributed by atoms with van der Waals surface area (Å²) in [4.78, 5) is 34.3. The van der Waals surface area contributed by atoms with Gasteiger partial charge in [-0.25, -0.2) is 4.79 Å². The summed E-state index contributed by atoms with van der Waals surface area (Å²) in [5, 5.41) is 13.5. The average Bonchev–Trinajstić information content (AvgIpc) is 2.91. The lowest BCUT2D eigenvalue weighted by molar-refractivity contribution is -0.380. The third-order valence-corrected chi connectivity index (χ3v) is 3.95. The maximum Gasteiger partial charge on any atom is 0.341 e. The highest BCUT2D eigenvalue weighted by Crippen LogP contribution is 2.34. The summed E-state index contributed by atoms with van der Waals surface area (Å²) >= 11 is 6.50. The van der Waals surface area contributed by atoms with Gasteiger partial charge in [0, 0.05) is 16.7 Å². The van der Waals surface area contributed by atoms with E-state index in [-0.39, 0.29) is 27.7 Å². The van der Waals surface area contributed by atoms with Crippen LogP contribution in [0.3, 0.4) is 0 Å². The second-order valence-corrected chi connectivity index (χ2v) is 5.74. The van der Waals surface area contributed by atoms with E-state index in [4.69, 9.17) is 16.3 Å². The predicted octanol–water partition coefficient (Wildman–Crippen LogP) is 3.74. The summed E-state index contributed by atoms with van der Waals surface area (Å²) in [6.45, 7) is 1.73. The molecule has 1 heterocycles. The Morgan fingerprint density at radius 3 is 2.74 bits per heavy atom. The van der Waals surface area contributed by atoms with E-state index in [1.807, 2.05) is 0 Å². The molecule has 0 aliphatic carbocycles. The summed E-state index contributed by atoms with van der Waals surface area (Å²) in [5.41, 5.74) is 0.210. The van der Waals surface area contributed by atoms with Crippen molar-refractivity contribution in [3.63, 3.8) is 0 Å². The molecule has 2 rings (SSSR count). The Bertz CT molecular complexity index is 774. The molecule has 0 radical (unpaired) electrons. The zero-order valence-corrected chi connectivity index (χ0v) is 13.4. The highest BCUT2D eigenvalue weighted by atomic mass is 35.5. The lowest BCUT2D eigenvalue weighted by Gasteiger charge is -2.06. The highest BCUT2D eigenvalue weighted by molar-refractivity contribution is 7.19. The standard InChI is InChI=1S/C14H11ClN2O5S/c1-2-22-14(19)10-7-11(17(20)21)23-13(10)16-12(18)8-4-3-5-9(15)6-8/h3-7H,2H2,1H3,(H,16,18). The molecule has 0 saturated heterocycles. The molecule has 0 atom stereocenters. The molecule has 0 saturated carbocycles. The number of nitro groups is 1. The van der Waals surface area contributed by atoms with E-state index in [1.165, 1.54) is 12.1 Å². The molecule has 0 unspecified atom stereocenters. The van der Waals surface area contributed by atoms with E-state index in [1.54, 1.807) is 19.1 Å². The molecular formula is C14H11ClN2O5S. The van der Waals surface area contributed by atoms with Crippen LogP contribution in [0.4, 0.5) is 10.0 Å². The lowest BCUT2D eigenvalue weighted by Crippen LogP contribution is -2.14. The van der Waals surface area contributed by atoms with Crippen LogP contribution in [0.2, 0.25) is 5.02 Å². The third kappa shape index (κ3) is 4.05. The van der Waals surface area contributed by atoms with Gasteiger partial charge in [-0.2, -0.15) is 0 Å². The van der Waals surface area contributed by atoms with Gasteiger partial charge in [0.15, 0.2) is 0 Å². The summed E-state index contributed by atoms with van der Waals surface area (Å²) < 4.78 is 4.84. The minimum absolute atomic E-state index is 0.0557. The molecule has 1 aromatic heterocycles. The zero-order chi connectivity index (χ0) is 17.0. The normalized spacial score (nSPS) is 10.2. The number of anilines is 1. The van der Waals surface area contributed by atoms with E-state index >= 15 is 0 Å². The first kappa shape index (κ1) is 16.9. The van der Waals surface area contributed by atoms with Gasteiger partial charge in [-0.05, 0) is 36.5 Å². The first-order valence-electron chi connectivity index (χ1n) is 6.44. The van der Waals surface area contributed by atoms with Crippen molar-refractivity contribution in [2.24, 2.45) is 0 Å². The Labute approximate surface area is 140 Å². The number of hydrogen-bond donors (Lipinski definition) is 1. The number of halogens is 1. The number of ether oxygens (including phenoxy) is 1. The lowest BCUT2D eigenvalue weighted by atomic mass is 10.2. The number of thiophene rings is 1. The number of carbonyl (C=O) groups excluding carboxylic acids is 2. The van der Waals surface area contributed by atoms with Crippen molar-refractivity contribution in [3.05, 3.63) is 56.6 Å². The van der Waals surface area contributed by atoms with Gasteiger partial charge >= 0.3 is 11.0 Å². The Morgan fingerprint density at radius 2 is 2.13 bits per heavy atom. The first-order chi connectivity index (χ1) is 10.9. The average molecular weight is 355 g/mol. The number of rotatable bonds is 5. The molecule has 9 heteroatoms. The summed E-state index contributed by atoms with van der Waals surface area (Å²) in [7, 11) is 0. The summed E-state index contributed by atoms with van der Waals surface area (Å²) in [6.07, 6.45) is 0. The number of hydrogen-bond acceptors (Lipinski definition) is 6. The monoisotopic (exact) mass is 354 g/mol. The molecule has 0 fully saturated rings. The number of carbonyl (C=O) groups is 2. The molecule has 23 heavy (non-hydrogen) atoms. The van der Waals surface area contributed by atoms with Crippen LogP contribution in [0, 0.1) is 10.1 Å². The summed E-state index contributed by atoms with van der Waals surface area (Å²) in [5.74, 6) is -1.27. The second-order valence-electron chi connectivity index (χ2n) is 4.27. The minimum atomic E-state index is -0.738. The topological polar surface area (TPSA) is 98.5 Å². The van der Waals surface area contributed by atoms with E-state index in [2.05, 4.69) is 5.32 Å². The predicted molar refractivity (Wildman–Crippen MR) is 86.3 cm³/mol. The van der Waals surface area contributed by atoms with Gasteiger partial charge in [0.1, 0.15) is 10.6 Å². The zero-order valence-electron chi connectivity index (χ0n) is 11.9. The first-order valence-corrected chi connectivity index (χ1v) is 7.64. The quantitative estimate of drug-likeness (QED) is 0.501. The molecule has 7 nitrogen and oxygen atoms in total.